The first-order chi connectivity index (χ1) is 16.7. The largest absolute Gasteiger partial charge is 0.379 e. The molecule has 34 heavy (non-hydrogen) atoms. The van der Waals surface area contributed by atoms with Crippen molar-refractivity contribution in [1.82, 2.24) is 19.8 Å². The third-order valence-electron chi connectivity index (χ3n) is 7.48. The number of hydrogen-bond donors (Lipinski definition) is 0. The number of thiophene rings is 1. The maximum atomic E-state index is 5.55. The highest BCUT2D eigenvalue weighted by molar-refractivity contribution is 7.19. The minimum Gasteiger partial charge on any atom is -0.379 e. The highest BCUT2D eigenvalue weighted by atomic mass is 32.1. The van der Waals surface area contributed by atoms with Gasteiger partial charge in [0, 0.05) is 50.7 Å². The van der Waals surface area contributed by atoms with E-state index in [0.29, 0.717) is 0 Å². The molecule has 6 nitrogen and oxygen atoms in total. The van der Waals surface area contributed by atoms with Crippen LogP contribution in [-0.4, -0.2) is 72.3 Å². The summed E-state index contributed by atoms with van der Waals surface area (Å²) in [7, 11) is 0. The van der Waals surface area contributed by atoms with Crippen molar-refractivity contribution in [3.63, 3.8) is 0 Å². The van der Waals surface area contributed by atoms with Crippen LogP contribution in [0.15, 0.2) is 24.3 Å². The zero-order chi connectivity index (χ0) is 22.9. The summed E-state index contributed by atoms with van der Waals surface area (Å²) in [5.41, 5.74) is 4.27. The number of rotatable bonds is 5. The molecule has 1 aliphatic carbocycles. The summed E-state index contributed by atoms with van der Waals surface area (Å²) in [6.07, 6.45) is 4.83. The monoisotopic (exact) mass is 477 g/mol. The number of fused-ring (bicyclic) bond motifs is 3. The molecule has 0 saturated carbocycles. The predicted molar refractivity (Wildman–Crippen MR) is 139 cm³/mol. The lowest BCUT2D eigenvalue weighted by molar-refractivity contribution is 0.0331. The predicted octanol–water partition coefficient (Wildman–Crippen LogP) is 4.03. The molecule has 4 heterocycles. The van der Waals surface area contributed by atoms with Gasteiger partial charge in [-0.15, -0.1) is 11.3 Å². The molecular formula is C27H35N5OS. The van der Waals surface area contributed by atoms with Gasteiger partial charge in [-0.05, 0) is 43.7 Å². The Hall–Kier alpha value is -2.06. The lowest BCUT2D eigenvalue weighted by atomic mass is 10.1. The van der Waals surface area contributed by atoms with Gasteiger partial charge >= 0.3 is 0 Å². The standard InChI is InChI=1S/C27H35N5OS/c1-20-6-8-21(9-7-20)18-30-10-3-11-32(13-12-30)26-25-22-4-2-5-23(22)34-27(25)29-24(28-26)19-31-14-16-33-17-15-31/h6-9H,2-5,10-19H2,1H3. The summed E-state index contributed by atoms with van der Waals surface area (Å²) in [5.74, 6) is 2.18. The number of aromatic nitrogens is 2. The Balaban J connectivity index is 1.26. The zero-order valence-corrected chi connectivity index (χ0v) is 21.1. The van der Waals surface area contributed by atoms with Crippen LogP contribution in [0.3, 0.4) is 0 Å². The average molecular weight is 478 g/mol. The summed E-state index contributed by atoms with van der Waals surface area (Å²) in [5, 5.41) is 1.36. The average Bonchev–Trinajstić information content (AvgIpc) is 3.35. The molecule has 180 valence electrons. The Morgan fingerprint density at radius 2 is 1.68 bits per heavy atom. The number of hydrogen-bond acceptors (Lipinski definition) is 7. The van der Waals surface area contributed by atoms with E-state index >= 15 is 0 Å². The Morgan fingerprint density at radius 3 is 2.53 bits per heavy atom. The van der Waals surface area contributed by atoms with E-state index in [2.05, 4.69) is 45.9 Å². The fourth-order valence-corrected chi connectivity index (χ4v) is 6.85. The van der Waals surface area contributed by atoms with Gasteiger partial charge in [0.05, 0.1) is 25.1 Å². The van der Waals surface area contributed by atoms with Crippen LogP contribution in [0.2, 0.25) is 0 Å². The molecule has 0 N–H and O–H groups in total. The fraction of sp³-hybridized carbons (Fsp3) is 0.556. The van der Waals surface area contributed by atoms with E-state index in [4.69, 9.17) is 14.7 Å². The van der Waals surface area contributed by atoms with Crippen LogP contribution in [0.1, 0.15) is 40.2 Å². The van der Waals surface area contributed by atoms with E-state index in [9.17, 15) is 0 Å². The minimum absolute atomic E-state index is 0.811. The molecule has 1 aromatic carbocycles. The van der Waals surface area contributed by atoms with Gasteiger partial charge in [-0.3, -0.25) is 9.80 Å². The molecule has 3 aromatic rings. The van der Waals surface area contributed by atoms with Crippen LogP contribution < -0.4 is 4.90 Å². The Kier molecular flexibility index (Phi) is 6.52. The van der Waals surface area contributed by atoms with Crippen molar-refractivity contribution in [2.24, 2.45) is 0 Å². The second kappa shape index (κ2) is 9.90. The van der Waals surface area contributed by atoms with E-state index < -0.39 is 0 Å². The smallest absolute Gasteiger partial charge is 0.146 e. The van der Waals surface area contributed by atoms with Gasteiger partial charge in [0.2, 0.25) is 0 Å². The molecule has 0 bridgehead atoms. The molecule has 0 spiro atoms. The molecule has 6 rings (SSSR count). The van der Waals surface area contributed by atoms with Gasteiger partial charge in [0.25, 0.3) is 0 Å². The summed E-state index contributed by atoms with van der Waals surface area (Å²) in [6.45, 7) is 11.9. The van der Waals surface area contributed by atoms with Gasteiger partial charge in [-0.2, -0.15) is 0 Å². The molecule has 2 saturated heterocycles. The van der Waals surface area contributed by atoms with Crippen molar-refractivity contribution in [2.45, 2.75) is 45.7 Å². The molecule has 2 aromatic heterocycles. The van der Waals surface area contributed by atoms with E-state index in [1.807, 2.05) is 11.3 Å². The van der Waals surface area contributed by atoms with Gasteiger partial charge in [-0.25, -0.2) is 9.97 Å². The first kappa shape index (κ1) is 22.4. The molecule has 2 fully saturated rings. The first-order valence-electron chi connectivity index (χ1n) is 12.9. The van der Waals surface area contributed by atoms with Crippen LogP contribution in [0.4, 0.5) is 5.82 Å². The fourth-order valence-electron chi connectivity index (χ4n) is 5.57. The van der Waals surface area contributed by atoms with Crippen molar-refractivity contribution >= 4 is 27.4 Å². The maximum Gasteiger partial charge on any atom is 0.146 e. The van der Waals surface area contributed by atoms with Gasteiger partial charge in [0.1, 0.15) is 16.5 Å². The lowest BCUT2D eigenvalue weighted by Crippen LogP contribution is -2.36. The van der Waals surface area contributed by atoms with Crippen LogP contribution in [0, 0.1) is 6.92 Å². The summed E-state index contributed by atoms with van der Waals surface area (Å²) in [4.78, 5) is 20.7. The molecule has 0 atom stereocenters. The molecule has 0 radical (unpaired) electrons. The molecule has 0 unspecified atom stereocenters. The van der Waals surface area contributed by atoms with Crippen LogP contribution >= 0.6 is 11.3 Å². The lowest BCUT2D eigenvalue weighted by Gasteiger charge is -2.27. The maximum absolute atomic E-state index is 5.55. The Bertz CT molecular complexity index is 1140. The molecule has 3 aliphatic rings. The SMILES string of the molecule is Cc1ccc(CN2CCCN(c3nc(CN4CCOCC4)nc4sc5c(c34)CCC5)CC2)cc1. The second-order valence-electron chi connectivity index (χ2n) is 9.99. The number of benzene rings is 1. The van der Waals surface area contributed by atoms with Crippen molar-refractivity contribution in [3.05, 3.63) is 51.7 Å². The number of ether oxygens (including phenoxy) is 1. The third kappa shape index (κ3) is 4.71. The van der Waals surface area contributed by atoms with Gasteiger partial charge in [0.15, 0.2) is 0 Å². The highest BCUT2D eigenvalue weighted by Crippen LogP contribution is 2.41. The molecule has 7 heteroatoms. The van der Waals surface area contributed by atoms with E-state index in [-0.39, 0.29) is 0 Å². The Morgan fingerprint density at radius 1 is 0.853 bits per heavy atom. The van der Waals surface area contributed by atoms with Crippen molar-refractivity contribution < 1.29 is 4.74 Å². The van der Waals surface area contributed by atoms with E-state index in [0.717, 1.165) is 71.4 Å². The number of anilines is 1. The summed E-state index contributed by atoms with van der Waals surface area (Å²) in [6, 6.07) is 9.01. The number of morpholine rings is 1. The highest BCUT2D eigenvalue weighted by Gasteiger charge is 2.26. The van der Waals surface area contributed by atoms with Crippen molar-refractivity contribution in [1.29, 1.82) is 0 Å². The zero-order valence-electron chi connectivity index (χ0n) is 20.3. The van der Waals surface area contributed by atoms with Crippen LogP contribution in [-0.2, 0) is 30.7 Å². The van der Waals surface area contributed by atoms with Crippen LogP contribution in [0.5, 0.6) is 0 Å². The number of aryl methyl sites for hydroxylation is 3. The van der Waals surface area contributed by atoms with Crippen LogP contribution in [0.25, 0.3) is 10.2 Å². The van der Waals surface area contributed by atoms with E-state index in [1.165, 1.54) is 58.4 Å². The van der Waals surface area contributed by atoms with E-state index in [1.54, 1.807) is 4.88 Å². The quantitative estimate of drug-likeness (QED) is 0.553. The topological polar surface area (TPSA) is 44.7 Å². The van der Waals surface area contributed by atoms with Crippen molar-refractivity contribution in [3.8, 4) is 0 Å². The molecular weight excluding hydrogens is 442 g/mol. The second-order valence-corrected chi connectivity index (χ2v) is 11.1. The Labute approximate surface area is 206 Å². The van der Waals surface area contributed by atoms with Crippen molar-refractivity contribution in [2.75, 3.05) is 57.4 Å². The minimum atomic E-state index is 0.811. The molecule has 2 aliphatic heterocycles. The summed E-state index contributed by atoms with van der Waals surface area (Å²) < 4.78 is 5.55. The molecule has 0 amide bonds. The third-order valence-corrected chi connectivity index (χ3v) is 8.66. The van der Waals surface area contributed by atoms with Gasteiger partial charge in [-0.1, -0.05) is 29.8 Å². The first-order valence-corrected chi connectivity index (χ1v) is 13.7. The number of nitrogens with zero attached hydrogens (tertiary/aromatic N) is 5. The van der Waals surface area contributed by atoms with Gasteiger partial charge < -0.3 is 9.64 Å². The summed E-state index contributed by atoms with van der Waals surface area (Å²) >= 11 is 1.92. The normalized spacial score (nSPS) is 20.1.